The molecule has 0 saturated carbocycles. The fourth-order valence-corrected chi connectivity index (χ4v) is 2.62. The van der Waals surface area contributed by atoms with E-state index in [1.807, 2.05) is 12.3 Å². The van der Waals surface area contributed by atoms with Gasteiger partial charge in [0.1, 0.15) is 0 Å². The molecule has 0 aliphatic heterocycles. The Balaban J connectivity index is 1.94. The molecule has 1 aromatic carbocycles. The van der Waals surface area contributed by atoms with Gasteiger partial charge in [0.15, 0.2) is 0 Å². The second-order valence-corrected chi connectivity index (χ2v) is 5.68. The van der Waals surface area contributed by atoms with E-state index >= 15 is 0 Å². The Bertz CT molecular complexity index is 659. The molecule has 0 aliphatic rings. The molecule has 2 aromatic rings. The maximum atomic E-state index is 12.0. The number of carbonyl (C=O) groups excluding carboxylic acids is 2. The summed E-state index contributed by atoms with van der Waals surface area (Å²) in [4.78, 5) is 23.7. The van der Waals surface area contributed by atoms with Crippen LogP contribution >= 0.6 is 22.9 Å². The molecule has 0 spiro atoms. The number of carbonyl (C=O) groups is 2. The minimum absolute atomic E-state index is 0.104. The summed E-state index contributed by atoms with van der Waals surface area (Å²) in [5.74, 6) is -0.584. The van der Waals surface area contributed by atoms with Gasteiger partial charge in [0.25, 0.3) is 5.91 Å². The van der Waals surface area contributed by atoms with Crippen LogP contribution in [0.5, 0.6) is 0 Å². The van der Waals surface area contributed by atoms with E-state index in [0.29, 0.717) is 16.3 Å². The zero-order valence-electron chi connectivity index (χ0n) is 12.0. The van der Waals surface area contributed by atoms with Crippen molar-refractivity contribution < 1.29 is 9.59 Å². The molecule has 0 unspecified atom stereocenters. The Morgan fingerprint density at radius 3 is 2.73 bits per heavy atom. The quantitative estimate of drug-likeness (QED) is 0.758. The Morgan fingerprint density at radius 2 is 2.05 bits per heavy atom. The van der Waals surface area contributed by atoms with Crippen LogP contribution in [0.25, 0.3) is 0 Å². The molecule has 1 aromatic heterocycles. The molecule has 0 atom stereocenters. The molecule has 7 heteroatoms. The van der Waals surface area contributed by atoms with Gasteiger partial charge in [-0.25, -0.2) is 0 Å². The van der Waals surface area contributed by atoms with E-state index in [-0.39, 0.29) is 18.4 Å². The van der Waals surface area contributed by atoms with Crippen molar-refractivity contribution in [2.45, 2.75) is 6.92 Å². The Morgan fingerprint density at radius 1 is 1.23 bits per heavy atom. The van der Waals surface area contributed by atoms with Gasteiger partial charge in [-0.1, -0.05) is 11.6 Å². The summed E-state index contributed by atoms with van der Waals surface area (Å²) in [6, 6.07) is 6.91. The number of rotatable bonds is 6. The van der Waals surface area contributed by atoms with Crippen molar-refractivity contribution in [2.75, 3.05) is 23.7 Å². The lowest BCUT2D eigenvalue weighted by Gasteiger charge is -2.12. The molecule has 1 heterocycles. The van der Waals surface area contributed by atoms with Crippen LogP contribution in [-0.2, 0) is 4.79 Å². The largest absolute Gasteiger partial charge is 0.384 e. The van der Waals surface area contributed by atoms with Crippen molar-refractivity contribution >= 4 is 46.1 Å². The summed E-state index contributed by atoms with van der Waals surface area (Å²) in [7, 11) is 0. The Kier molecular flexibility index (Phi) is 5.80. The third-order valence-electron chi connectivity index (χ3n) is 2.82. The van der Waals surface area contributed by atoms with Crippen molar-refractivity contribution in [3.8, 4) is 0 Å². The van der Waals surface area contributed by atoms with Crippen molar-refractivity contribution in [1.29, 1.82) is 0 Å². The topological polar surface area (TPSA) is 70.2 Å². The average molecular weight is 338 g/mol. The number of amides is 2. The third-order valence-corrected chi connectivity index (χ3v) is 3.73. The van der Waals surface area contributed by atoms with Crippen LogP contribution in [0, 0.1) is 0 Å². The summed E-state index contributed by atoms with van der Waals surface area (Å²) in [5.41, 5.74) is 1.92. The van der Waals surface area contributed by atoms with Crippen molar-refractivity contribution in [1.82, 2.24) is 5.32 Å². The van der Waals surface area contributed by atoms with Crippen LogP contribution < -0.4 is 16.0 Å². The number of benzene rings is 1. The zero-order valence-corrected chi connectivity index (χ0v) is 13.6. The van der Waals surface area contributed by atoms with E-state index in [1.165, 1.54) is 11.3 Å². The predicted octanol–water partition coefficient (Wildman–Crippen LogP) is 3.20. The second kappa shape index (κ2) is 7.82. The van der Waals surface area contributed by atoms with Gasteiger partial charge in [0.05, 0.1) is 17.9 Å². The van der Waals surface area contributed by atoms with Gasteiger partial charge in [0.2, 0.25) is 5.91 Å². The molecular formula is C15H16ClN3O2S. The summed E-state index contributed by atoms with van der Waals surface area (Å²) < 4.78 is 0. The smallest absolute Gasteiger partial charge is 0.252 e. The lowest BCUT2D eigenvalue weighted by Crippen LogP contribution is -2.32. The highest BCUT2D eigenvalue weighted by atomic mass is 35.5. The lowest BCUT2D eigenvalue weighted by molar-refractivity contribution is -0.115. The molecule has 5 nitrogen and oxygen atoms in total. The van der Waals surface area contributed by atoms with Gasteiger partial charge in [-0.3, -0.25) is 9.59 Å². The van der Waals surface area contributed by atoms with Crippen LogP contribution in [0.4, 0.5) is 11.4 Å². The molecule has 2 amide bonds. The van der Waals surface area contributed by atoms with E-state index < -0.39 is 0 Å². The van der Waals surface area contributed by atoms with Gasteiger partial charge >= 0.3 is 0 Å². The minimum atomic E-state index is -0.315. The molecule has 0 fully saturated rings. The summed E-state index contributed by atoms with van der Waals surface area (Å²) in [6.45, 7) is 2.58. The highest BCUT2D eigenvalue weighted by molar-refractivity contribution is 7.08. The maximum absolute atomic E-state index is 12.0. The first-order chi connectivity index (χ1) is 10.6. The van der Waals surface area contributed by atoms with Crippen LogP contribution in [-0.4, -0.2) is 24.9 Å². The fourth-order valence-electron chi connectivity index (χ4n) is 1.82. The molecule has 3 N–H and O–H groups in total. The normalized spacial score (nSPS) is 10.1. The molecular weight excluding hydrogens is 322 g/mol. The predicted molar refractivity (Wildman–Crippen MR) is 90.9 cm³/mol. The van der Waals surface area contributed by atoms with Gasteiger partial charge in [0, 0.05) is 22.5 Å². The second-order valence-electron chi connectivity index (χ2n) is 4.46. The number of hydrogen-bond donors (Lipinski definition) is 3. The average Bonchev–Trinajstić information content (AvgIpc) is 3.02. The van der Waals surface area contributed by atoms with Crippen molar-refractivity contribution in [3.63, 3.8) is 0 Å². The molecule has 116 valence electrons. The van der Waals surface area contributed by atoms with Crippen LogP contribution in [0.2, 0.25) is 5.02 Å². The highest BCUT2D eigenvalue weighted by Gasteiger charge is 2.10. The van der Waals surface area contributed by atoms with E-state index in [9.17, 15) is 9.59 Å². The van der Waals surface area contributed by atoms with Gasteiger partial charge < -0.3 is 16.0 Å². The molecule has 0 saturated heterocycles. The molecule has 0 aliphatic carbocycles. The molecule has 0 radical (unpaired) electrons. The summed E-state index contributed by atoms with van der Waals surface area (Å²) in [6.07, 6.45) is 0. The number of nitrogens with one attached hydrogen (secondary N) is 3. The van der Waals surface area contributed by atoms with Crippen molar-refractivity contribution in [2.24, 2.45) is 0 Å². The molecule has 22 heavy (non-hydrogen) atoms. The van der Waals surface area contributed by atoms with Crippen LogP contribution in [0.15, 0.2) is 35.0 Å². The fraction of sp³-hybridized carbons (Fsp3) is 0.200. The molecule has 2 rings (SSSR count). The van der Waals surface area contributed by atoms with Crippen molar-refractivity contribution in [3.05, 3.63) is 45.6 Å². The van der Waals surface area contributed by atoms with Crippen LogP contribution in [0.1, 0.15) is 17.3 Å². The third kappa shape index (κ3) is 4.47. The van der Waals surface area contributed by atoms with Gasteiger partial charge in [-0.2, -0.15) is 11.3 Å². The Labute approximate surface area is 137 Å². The van der Waals surface area contributed by atoms with E-state index in [1.54, 1.807) is 29.6 Å². The zero-order chi connectivity index (χ0) is 15.9. The maximum Gasteiger partial charge on any atom is 0.252 e. The number of halogens is 1. The number of thiophene rings is 1. The first kappa shape index (κ1) is 16.3. The molecule has 0 bridgehead atoms. The summed E-state index contributed by atoms with van der Waals surface area (Å²) >= 11 is 7.38. The van der Waals surface area contributed by atoms with Gasteiger partial charge in [-0.15, -0.1) is 0 Å². The number of hydrogen-bond acceptors (Lipinski definition) is 4. The SMILES string of the molecule is CCNc1ccc(Cl)cc1NC(=O)CNC(=O)c1ccsc1. The first-order valence-electron chi connectivity index (χ1n) is 6.74. The lowest BCUT2D eigenvalue weighted by atomic mass is 10.2. The van der Waals surface area contributed by atoms with E-state index in [0.717, 1.165) is 12.2 Å². The summed E-state index contributed by atoms with van der Waals surface area (Å²) in [5, 5.41) is 12.5. The van der Waals surface area contributed by atoms with Gasteiger partial charge in [-0.05, 0) is 36.6 Å². The number of anilines is 2. The monoisotopic (exact) mass is 337 g/mol. The Hall–Kier alpha value is -2.05. The first-order valence-corrected chi connectivity index (χ1v) is 8.06. The minimum Gasteiger partial charge on any atom is -0.384 e. The van der Waals surface area contributed by atoms with E-state index in [2.05, 4.69) is 16.0 Å². The van der Waals surface area contributed by atoms with Crippen LogP contribution in [0.3, 0.4) is 0 Å². The van der Waals surface area contributed by atoms with E-state index in [4.69, 9.17) is 11.6 Å². The highest BCUT2D eigenvalue weighted by Crippen LogP contribution is 2.25. The standard InChI is InChI=1S/C15H16ClN3O2S/c1-2-17-12-4-3-11(16)7-13(12)19-14(20)8-18-15(21)10-5-6-22-9-10/h3-7,9,17H,2,8H2,1H3,(H,18,21)(H,19,20).